The van der Waals surface area contributed by atoms with E-state index in [-0.39, 0.29) is 48.1 Å². The van der Waals surface area contributed by atoms with E-state index in [1.165, 1.54) is 0 Å². The number of carbonyl (C=O) groups excluding carboxylic acids is 2. The lowest BCUT2D eigenvalue weighted by Crippen LogP contribution is -2.41. The molecule has 48 heavy (non-hydrogen) atoms. The van der Waals surface area contributed by atoms with E-state index in [9.17, 15) is 19.5 Å². The normalized spacial score (nSPS) is 12.1. The first-order chi connectivity index (χ1) is 23.1. The fourth-order valence-electron chi connectivity index (χ4n) is 5.05. The third-order valence-electron chi connectivity index (χ3n) is 7.44. The molecule has 0 bridgehead atoms. The monoisotopic (exact) mass is 654 g/mol. The van der Waals surface area contributed by atoms with Crippen molar-refractivity contribution in [3.8, 4) is 0 Å². The number of amides is 2. The molecule has 3 aromatic heterocycles. The average Bonchev–Trinajstić information content (AvgIpc) is 3.47. The second-order valence-corrected chi connectivity index (χ2v) is 10.6. The minimum atomic E-state index is -1.20. The molecule has 2 aromatic carbocycles. The number of amidine groups is 1. The van der Waals surface area contributed by atoms with Crippen LogP contribution >= 0.6 is 0 Å². The number of aromatic nitrogens is 5. The van der Waals surface area contributed by atoms with Gasteiger partial charge in [-0.15, -0.1) is 5.10 Å². The summed E-state index contributed by atoms with van der Waals surface area (Å²) in [6.45, 7) is 0.500. The number of hydrazine groups is 1. The molecule has 0 fully saturated rings. The summed E-state index contributed by atoms with van der Waals surface area (Å²) in [4.78, 5) is 54.7. The quantitative estimate of drug-likeness (QED) is 0.0268. The second-order valence-electron chi connectivity index (χ2n) is 10.6. The number of fused-ring (bicyclic) bond motifs is 2. The number of benzene rings is 2. The van der Waals surface area contributed by atoms with Crippen LogP contribution in [0.3, 0.4) is 0 Å². The van der Waals surface area contributed by atoms with Crippen molar-refractivity contribution in [2.75, 3.05) is 30.4 Å². The lowest BCUT2D eigenvalue weighted by atomic mass is 10.0. The Morgan fingerprint density at radius 2 is 1.83 bits per heavy atom. The maximum atomic E-state index is 13.1. The van der Waals surface area contributed by atoms with Crippen LogP contribution in [0.25, 0.3) is 22.1 Å². The van der Waals surface area contributed by atoms with Gasteiger partial charge in [-0.2, -0.15) is 9.97 Å². The number of rotatable bonds is 13. The van der Waals surface area contributed by atoms with Crippen LogP contribution < -0.4 is 44.5 Å². The Balaban J connectivity index is 1.19. The third-order valence-corrected chi connectivity index (χ3v) is 7.44. The van der Waals surface area contributed by atoms with Crippen molar-refractivity contribution < 1.29 is 19.5 Å². The Morgan fingerprint density at radius 3 is 2.58 bits per heavy atom. The molecule has 0 aliphatic rings. The van der Waals surface area contributed by atoms with E-state index in [0.29, 0.717) is 34.7 Å². The zero-order valence-corrected chi connectivity index (χ0v) is 25.8. The van der Waals surface area contributed by atoms with Crippen LogP contribution in [0.4, 0.5) is 17.5 Å². The second kappa shape index (κ2) is 14.3. The number of carboxylic acids is 1. The predicted molar refractivity (Wildman–Crippen MR) is 179 cm³/mol. The molecule has 0 aliphatic heterocycles. The van der Waals surface area contributed by atoms with E-state index in [4.69, 9.17) is 23.0 Å². The number of aliphatic carboxylic acids is 1. The smallest absolute Gasteiger partial charge is 0.326 e. The van der Waals surface area contributed by atoms with Crippen molar-refractivity contribution in [1.82, 2.24) is 40.7 Å². The van der Waals surface area contributed by atoms with Crippen molar-refractivity contribution in [2.24, 2.45) is 16.7 Å². The van der Waals surface area contributed by atoms with Gasteiger partial charge >= 0.3 is 5.97 Å². The highest BCUT2D eigenvalue weighted by Crippen LogP contribution is 2.21. The number of carboxylic acid groups (broad SMARTS) is 1. The number of carbonyl (C=O) groups is 3. The maximum absolute atomic E-state index is 13.1. The number of anilines is 3. The van der Waals surface area contributed by atoms with Crippen molar-refractivity contribution in [3.05, 3.63) is 77.2 Å². The van der Waals surface area contributed by atoms with Crippen molar-refractivity contribution in [1.29, 1.82) is 0 Å². The molecule has 2 amide bonds. The highest BCUT2D eigenvalue weighted by molar-refractivity contribution is 6.09. The van der Waals surface area contributed by atoms with E-state index in [1.54, 1.807) is 49.6 Å². The molecule has 18 nitrogen and oxygen atoms in total. The molecule has 1 atom stereocenters. The number of nitrogens with zero attached hydrogens (tertiary/aromatic N) is 6. The lowest BCUT2D eigenvalue weighted by molar-refractivity contribution is -0.139. The van der Waals surface area contributed by atoms with Crippen molar-refractivity contribution >= 4 is 63.1 Å². The summed E-state index contributed by atoms with van der Waals surface area (Å²) in [5.74, 6) is 3.20. The molecule has 5 aromatic rings. The molecule has 5 rings (SSSR count). The molecule has 1 unspecified atom stereocenters. The Labute approximate surface area is 273 Å². The molecule has 0 saturated carbocycles. The van der Waals surface area contributed by atoms with Gasteiger partial charge in [0.05, 0.1) is 24.0 Å². The fourth-order valence-corrected chi connectivity index (χ4v) is 5.05. The molecular weight excluding hydrogens is 620 g/mol. The topological polar surface area (TPSA) is 292 Å². The third kappa shape index (κ3) is 7.29. The fraction of sp³-hybridized carbons (Fsp3) is 0.200. The summed E-state index contributed by atoms with van der Waals surface area (Å²) < 4.78 is 1.92. The summed E-state index contributed by atoms with van der Waals surface area (Å²) >= 11 is 0. The van der Waals surface area contributed by atoms with Gasteiger partial charge in [0, 0.05) is 47.5 Å². The molecule has 18 heteroatoms. The van der Waals surface area contributed by atoms with E-state index >= 15 is 0 Å². The van der Waals surface area contributed by atoms with Crippen molar-refractivity contribution in [2.45, 2.75) is 25.4 Å². The zero-order chi connectivity index (χ0) is 34.4. The number of nitrogens with two attached hydrogens (primary N) is 4. The number of hydrazone groups is 1. The predicted octanol–water partition coefficient (Wildman–Crippen LogP) is 0.106. The first-order valence-electron chi connectivity index (χ1n) is 14.6. The van der Waals surface area contributed by atoms with Gasteiger partial charge in [-0.1, -0.05) is 0 Å². The molecule has 248 valence electrons. The zero-order valence-electron chi connectivity index (χ0n) is 25.8. The lowest BCUT2D eigenvalue weighted by Gasteiger charge is -2.15. The average molecular weight is 655 g/mol. The van der Waals surface area contributed by atoms with E-state index in [0.717, 1.165) is 10.9 Å². The Kier molecular flexibility index (Phi) is 9.74. The van der Waals surface area contributed by atoms with Crippen LogP contribution in [-0.4, -0.2) is 72.9 Å². The van der Waals surface area contributed by atoms with Crippen LogP contribution in [0.1, 0.15) is 44.8 Å². The summed E-state index contributed by atoms with van der Waals surface area (Å²) in [6, 6.07) is 10.6. The van der Waals surface area contributed by atoms with Gasteiger partial charge in [0.1, 0.15) is 6.04 Å². The molecule has 0 spiro atoms. The minimum Gasteiger partial charge on any atom is -0.480 e. The van der Waals surface area contributed by atoms with Gasteiger partial charge in [-0.3, -0.25) is 9.59 Å². The van der Waals surface area contributed by atoms with Gasteiger partial charge in [0.25, 0.3) is 11.8 Å². The Bertz CT molecular complexity index is 2040. The Morgan fingerprint density at radius 1 is 1.02 bits per heavy atom. The van der Waals surface area contributed by atoms with E-state index in [1.807, 2.05) is 16.8 Å². The Hall–Kier alpha value is -6.56. The van der Waals surface area contributed by atoms with E-state index < -0.39 is 23.8 Å². The van der Waals surface area contributed by atoms with Crippen LogP contribution in [0, 0.1) is 0 Å². The SMILES string of the molecule is CNc1ccc(C(=O)NCCCC(NC(=O)c2ccc3c(ccn3Cc3cnc4nc(N)nc(N)c4n3)c2)C(=O)O)c(/C(N)=N/NN)c1. The van der Waals surface area contributed by atoms with Gasteiger partial charge in [-0.05, 0) is 55.3 Å². The first-order valence-corrected chi connectivity index (χ1v) is 14.6. The highest BCUT2D eigenvalue weighted by atomic mass is 16.4. The minimum absolute atomic E-state index is 0.00912. The summed E-state index contributed by atoms with van der Waals surface area (Å²) in [5.41, 5.74) is 23.3. The molecule has 3 heterocycles. The van der Waals surface area contributed by atoms with Crippen molar-refractivity contribution in [3.63, 3.8) is 0 Å². The van der Waals surface area contributed by atoms with Crippen LogP contribution in [0.5, 0.6) is 0 Å². The largest absolute Gasteiger partial charge is 0.480 e. The summed E-state index contributed by atoms with van der Waals surface area (Å²) in [7, 11) is 1.72. The number of hydrogen-bond acceptors (Lipinski definition) is 13. The van der Waals surface area contributed by atoms with Gasteiger partial charge in [0.15, 0.2) is 22.8 Å². The van der Waals surface area contributed by atoms with E-state index in [2.05, 4.69) is 46.5 Å². The number of nitrogens with one attached hydrogen (secondary N) is 4. The van der Waals surface area contributed by atoms with Gasteiger partial charge < -0.3 is 42.8 Å². The molecule has 0 saturated heterocycles. The van der Waals surface area contributed by atoms with Gasteiger partial charge in [0.2, 0.25) is 5.95 Å². The molecule has 0 aliphatic carbocycles. The summed E-state index contributed by atoms with van der Waals surface area (Å²) in [5, 5.41) is 22.6. The van der Waals surface area contributed by atoms with Crippen LogP contribution in [-0.2, 0) is 11.3 Å². The standard InChI is InChI=1S/C30H34N14O4/c1-35-17-5-6-19(20(12-17)24(31)42-43-34)28(46)36-9-2-3-21(29(47)48)39-27(45)16-4-7-22-15(11-16)8-10-44(22)14-18-13-37-26-23(38-18)25(32)40-30(33)41-26/h4-8,10-13,21,35,43H,2-3,9,14,34H2,1H3,(H2,31,42)(H,36,46)(H,39,45)(H,47,48)(H4,32,33,37,40,41). The first kappa shape index (κ1) is 32.8. The molecular formula is C30H34N14O4. The maximum Gasteiger partial charge on any atom is 0.326 e. The van der Waals surface area contributed by atoms with Gasteiger partial charge in [-0.25, -0.2) is 26.1 Å². The highest BCUT2D eigenvalue weighted by Gasteiger charge is 2.22. The number of hydrogen-bond donors (Lipinski definition) is 9. The van der Waals surface area contributed by atoms with Crippen LogP contribution in [0.15, 0.2) is 60.0 Å². The van der Waals surface area contributed by atoms with Crippen LogP contribution in [0.2, 0.25) is 0 Å². The number of nitrogen functional groups attached to an aromatic ring is 2. The molecule has 13 N–H and O–H groups in total. The molecule has 0 radical (unpaired) electrons. The summed E-state index contributed by atoms with van der Waals surface area (Å²) in [6.07, 6.45) is 3.75.